The van der Waals surface area contributed by atoms with Crippen LogP contribution in [0.4, 0.5) is 0 Å². The van der Waals surface area contributed by atoms with Crippen molar-refractivity contribution in [2.75, 3.05) is 14.1 Å². The molecule has 2 aromatic rings. The molecule has 0 saturated carbocycles. The van der Waals surface area contributed by atoms with Gasteiger partial charge >= 0.3 is 0 Å². The normalized spacial score (nSPS) is 10.9. The molecule has 0 bridgehead atoms. The van der Waals surface area contributed by atoms with Crippen molar-refractivity contribution in [3.63, 3.8) is 0 Å². The van der Waals surface area contributed by atoms with Crippen molar-refractivity contribution >= 4 is 0 Å². The van der Waals surface area contributed by atoms with E-state index in [0.29, 0.717) is 0 Å². The second kappa shape index (κ2) is 7.02. The maximum Gasteiger partial charge on any atom is 0.0543 e. The lowest BCUT2D eigenvalue weighted by Gasteiger charge is -2.16. The molecule has 0 aliphatic rings. The Morgan fingerprint density at radius 3 is 2.63 bits per heavy atom. The van der Waals surface area contributed by atoms with E-state index in [9.17, 15) is 0 Å². The third kappa shape index (κ3) is 4.47. The minimum absolute atomic E-state index is 0.872. The van der Waals surface area contributed by atoms with Crippen molar-refractivity contribution in [2.45, 2.75) is 19.6 Å². The summed E-state index contributed by atoms with van der Waals surface area (Å²) in [5.74, 6) is 0. The van der Waals surface area contributed by atoms with Crippen molar-refractivity contribution in [1.29, 1.82) is 0 Å². The topological polar surface area (TPSA) is 28.2 Å². The quantitative estimate of drug-likeness (QED) is 0.859. The van der Waals surface area contributed by atoms with Crippen LogP contribution in [0.25, 0.3) is 0 Å². The number of hydrogen-bond acceptors (Lipinski definition) is 3. The number of hydrogen-bond donors (Lipinski definition) is 1. The van der Waals surface area contributed by atoms with Crippen LogP contribution in [0.3, 0.4) is 0 Å². The van der Waals surface area contributed by atoms with E-state index in [1.807, 2.05) is 25.4 Å². The second-order valence-electron chi connectivity index (χ2n) is 4.84. The van der Waals surface area contributed by atoms with Crippen LogP contribution < -0.4 is 5.32 Å². The molecule has 0 radical (unpaired) electrons. The molecule has 1 aromatic carbocycles. The van der Waals surface area contributed by atoms with Gasteiger partial charge in [0, 0.05) is 25.8 Å². The molecule has 0 fully saturated rings. The van der Waals surface area contributed by atoms with Crippen molar-refractivity contribution in [1.82, 2.24) is 15.2 Å². The summed E-state index contributed by atoms with van der Waals surface area (Å²) >= 11 is 0. The molecule has 0 spiro atoms. The van der Waals surface area contributed by atoms with Gasteiger partial charge < -0.3 is 5.32 Å². The van der Waals surface area contributed by atoms with Crippen LogP contribution in [-0.4, -0.2) is 24.0 Å². The monoisotopic (exact) mass is 255 g/mol. The fraction of sp³-hybridized carbons (Fsp3) is 0.312. The molecular formula is C16H21N3. The lowest BCUT2D eigenvalue weighted by Crippen LogP contribution is -2.18. The Labute approximate surface area is 115 Å². The van der Waals surface area contributed by atoms with Gasteiger partial charge in [0.05, 0.1) is 5.69 Å². The maximum atomic E-state index is 4.36. The van der Waals surface area contributed by atoms with E-state index in [4.69, 9.17) is 0 Å². The molecule has 3 nitrogen and oxygen atoms in total. The first kappa shape index (κ1) is 13.7. The van der Waals surface area contributed by atoms with E-state index in [1.165, 1.54) is 11.1 Å². The van der Waals surface area contributed by atoms with E-state index in [2.05, 4.69) is 52.6 Å². The van der Waals surface area contributed by atoms with Crippen molar-refractivity contribution in [2.24, 2.45) is 0 Å². The highest BCUT2D eigenvalue weighted by Crippen LogP contribution is 2.09. The van der Waals surface area contributed by atoms with Gasteiger partial charge in [-0.2, -0.15) is 0 Å². The molecule has 100 valence electrons. The Morgan fingerprint density at radius 2 is 1.89 bits per heavy atom. The van der Waals surface area contributed by atoms with E-state index < -0.39 is 0 Å². The number of nitrogens with zero attached hydrogens (tertiary/aromatic N) is 2. The predicted octanol–water partition coefficient (Wildman–Crippen LogP) is 2.43. The third-order valence-corrected chi connectivity index (χ3v) is 2.98. The van der Waals surface area contributed by atoms with Gasteiger partial charge in [0.15, 0.2) is 0 Å². The van der Waals surface area contributed by atoms with Crippen molar-refractivity contribution in [3.05, 3.63) is 65.5 Å². The first-order chi connectivity index (χ1) is 9.28. The van der Waals surface area contributed by atoms with Crippen LogP contribution >= 0.6 is 0 Å². The van der Waals surface area contributed by atoms with Gasteiger partial charge in [-0.15, -0.1) is 0 Å². The summed E-state index contributed by atoms with van der Waals surface area (Å²) in [5.41, 5.74) is 3.77. The first-order valence-electron chi connectivity index (χ1n) is 6.59. The number of aromatic nitrogens is 1. The Kier molecular flexibility index (Phi) is 5.07. The molecule has 1 N–H and O–H groups in total. The van der Waals surface area contributed by atoms with Crippen LogP contribution in [-0.2, 0) is 19.6 Å². The highest BCUT2D eigenvalue weighted by Gasteiger charge is 2.03. The van der Waals surface area contributed by atoms with Crippen molar-refractivity contribution < 1.29 is 0 Å². The molecule has 1 heterocycles. The van der Waals surface area contributed by atoms with Crippen LogP contribution in [0.15, 0.2) is 48.7 Å². The van der Waals surface area contributed by atoms with E-state index in [-0.39, 0.29) is 0 Å². The fourth-order valence-electron chi connectivity index (χ4n) is 2.18. The second-order valence-corrected chi connectivity index (χ2v) is 4.84. The summed E-state index contributed by atoms with van der Waals surface area (Å²) in [6.07, 6.45) is 1.84. The Hall–Kier alpha value is -1.71. The lowest BCUT2D eigenvalue weighted by molar-refractivity contribution is 0.315. The van der Waals surface area contributed by atoms with Gasteiger partial charge in [-0.1, -0.05) is 30.3 Å². The molecule has 1 aromatic heterocycles. The SMILES string of the molecule is CNCc1cccc(CN(C)Cc2ccccn2)c1. The van der Waals surface area contributed by atoms with Gasteiger partial charge in [-0.05, 0) is 37.4 Å². The molecular weight excluding hydrogens is 234 g/mol. The Bertz CT molecular complexity index is 496. The average molecular weight is 255 g/mol. The Balaban J connectivity index is 1.95. The lowest BCUT2D eigenvalue weighted by atomic mass is 10.1. The fourth-order valence-corrected chi connectivity index (χ4v) is 2.18. The van der Waals surface area contributed by atoms with Crippen molar-refractivity contribution in [3.8, 4) is 0 Å². The summed E-state index contributed by atoms with van der Waals surface area (Å²) in [6, 6.07) is 14.7. The summed E-state index contributed by atoms with van der Waals surface area (Å²) < 4.78 is 0. The third-order valence-electron chi connectivity index (χ3n) is 2.98. The smallest absolute Gasteiger partial charge is 0.0543 e. The minimum Gasteiger partial charge on any atom is -0.316 e. The largest absolute Gasteiger partial charge is 0.316 e. The number of benzene rings is 1. The number of pyridine rings is 1. The average Bonchev–Trinajstić information content (AvgIpc) is 2.40. The molecule has 0 aliphatic carbocycles. The highest BCUT2D eigenvalue weighted by atomic mass is 15.1. The molecule has 2 rings (SSSR count). The van der Waals surface area contributed by atoms with E-state index in [0.717, 1.165) is 25.3 Å². The van der Waals surface area contributed by atoms with Gasteiger partial charge in [-0.25, -0.2) is 0 Å². The van der Waals surface area contributed by atoms with Gasteiger partial charge in [0.2, 0.25) is 0 Å². The van der Waals surface area contributed by atoms with Crippen LogP contribution in [0.2, 0.25) is 0 Å². The molecule has 0 atom stereocenters. The van der Waals surface area contributed by atoms with Crippen LogP contribution in [0.5, 0.6) is 0 Å². The molecule has 0 aliphatic heterocycles. The van der Waals surface area contributed by atoms with E-state index in [1.54, 1.807) is 0 Å². The number of rotatable bonds is 6. The zero-order valence-electron chi connectivity index (χ0n) is 11.6. The molecule has 0 saturated heterocycles. The standard InChI is InChI=1S/C16H21N3/c1-17-11-14-6-5-7-15(10-14)12-19(2)13-16-8-3-4-9-18-16/h3-10,17H,11-13H2,1-2H3. The zero-order valence-corrected chi connectivity index (χ0v) is 11.6. The van der Waals surface area contributed by atoms with Crippen LogP contribution in [0.1, 0.15) is 16.8 Å². The summed E-state index contributed by atoms with van der Waals surface area (Å²) in [7, 11) is 4.10. The first-order valence-corrected chi connectivity index (χ1v) is 6.59. The summed E-state index contributed by atoms with van der Waals surface area (Å²) in [5, 5.41) is 3.18. The molecule has 3 heteroatoms. The van der Waals surface area contributed by atoms with E-state index >= 15 is 0 Å². The predicted molar refractivity (Wildman–Crippen MR) is 78.6 cm³/mol. The minimum atomic E-state index is 0.872. The van der Waals surface area contributed by atoms with Gasteiger partial charge in [0.1, 0.15) is 0 Å². The summed E-state index contributed by atoms with van der Waals surface area (Å²) in [4.78, 5) is 6.63. The zero-order chi connectivity index (χ0) is 13.5. The molecule has 0 amide bonds. The maximum absolute atomic E-state index is 4.36. The Morgan fingerprint density at radius 1 is 1.05 bits per heavy atom. The number of nitrogens with one attached hydrogen (secondary N) is 1. The van der Waals surface area contributed by atoms with Gasteiger partial charge in [-0.3, -0.25) is 9.88 Å². The highest BCUT2D eigenvalue weighted by molar-refractivity contribution is 5.23. The molecule has 0 unspecified atom stereocenters. The molecule has 19 heavy (non-hydrogen) atoms. The van der Waals surface area contributed by atoms with Crippen LogP contribution in [0, 0.1) is 0 Å². The van der Waals surface area contributed by atoms with Gasteiger partial charge in [0.25, 0.3) is 0 Å². The summed E-state index contributed by atoms with van der Waals surface area (Å²) in [6.45, 7) is 2.73.